The fourth-order valence-corrected chi connectivity index (χ4v) is 2.31. The van der Waals surface area contributed by atoms with Gasteiger partial charge in [-0.2, -0.15) is 0 Å². The quantitative estimate of drug-likeness (QED) is 0.776. The molecule has 0 fully saturated rings. The second kappa shape index (κ2) is 6.87. The van der Waals surface area contributed by atoms with Gasteiger partial charge in [-0.25, -0.2) is 4.98 Å². The average Bonchev–Trinajstić information content (AvgIpc) is 3.12. The summed E-state index contributed by atoms with van der Waals surface area (Å²) >= 11 is 0. The van der Waals surface area contributed by atoms with Crippen molar-refractivity contribution in [3.05, 3.63) is 60.6 Å². The monoisotopic (exact) mass is 324 g/mol. The van der Waals surface area contributed by atoms with Crippen LogP contribution < -0.4 is 14.8 Å². The van der Waals surface area contributed by atoms with E-state index in [9.17, 15) is 4.79 Å². The number of rotatable bonds is 5. The average molecular weight is 324 g/mol. The van der Waals surface area contributed by atoms with E-state index in [1.54, 1.807) is 32.4 Å². The molecule has 0 radical (unpaired) electrons. The summed E-state index contributed by atoms with van der Waals surface area (Å²) in [5.41, 5.74) is 1.45. The SMILES string of the molecule is COc1cccc(-c2ocnc2C(=O)Nc2ccccc2OC)c1. The maximum atomic E-state index is 12.6. The zero-order chi connectivity index (χ0) is 16.9. The third kappa shape index (κ3) is 3.08. The summed E-state index contributed by atoms with van der Waals surface area (Å²) in [7, 11) is 3.12. The maximum absolute atomic E-state index is 12.6. The number of amides is 1. The fraction of sp³-hybridized carbons (Fsp3) is 0.111. The Morgan fingerprint density at radius 1 is 1.08 bits per heavy atom. The number of ether oxygens (including phenoxy) is 2. The number of nitrogens with zero attached hydrogens (tertiary/aromatic N) is 1. The number of oxazole rings is 1. The Labute approximate surface area is 139 Å². The number of hydrogen-bond acceptors (Lipinski definition) is 5. The van der Waals surface area contributed by atoms with Crippen LogP contribution in [0, 0.1) is 0 Å². The zero-order valence-corrected chi connectivity index (χ0v) is 13.3. The predicted octanol–water partition coefficient (Wildman–Crippen LogP) is 3.61. The van der Waals surface area contributed by atoms with Gasteiger partial charge in [-0.3, -0.25) is 4.79 Å². The molecular weight excluding hydrogens is 308 g/mol. The fourth-order valence-electron chi connectivity index (χ4n) is 2.31. The molecule has 0 aliphatic carbocycles. The molecule has 6 heteroatoms. The van der Waals surface area contributed by atoms with Crippen molar-refractivity contribution in [2.75, 3.05) is 19.5 Å². The lowest BCUT2D eigenvalue weighted by atomic mass is 10.1. The largest absolute Gasteiger partial charge is 0.497 e. The van der Waals surface area contributed by atoms with Gasteiger partial charge in [0.1, 0.15) is 11.5 Å². The van der Waals surface area contributed by atoms with Crippen LogP contribution in [0.25, 0.3) is 11.3 Å². The van der Waals surface area contributed by atoms with Gasteiger partial charge in [-0.1, -0.05) is 24.3 Å². The number of nitrogens with one attached hydrogen (secondary N) is 1. The molecule has 0 aliphatic rings. The molecule has 1 amide bonds. The predicted molar refractivity (Wildman–Crippen MR) is 89.4 cm³/mol. The van der Waals surface area contributed by atoms with Gasteiger partial charge in [0.25, 0.3) is 5.91 Å². The zero-order valence-electron chi connectivity index (χ0n) is 13.3. The molecule has 122 valence electrons. The van der Waals surface area contributed by atoms with E-state index in [-0.39, 0.29) is 11.6 Å². The first-order valence-corrected chi connectivity index (χ1v) is 7.25. The molecule has 0 saturated carbocycles. The van der Waals surface area contributed by atoms with Gasteiger partial charge < -0.3 is 19.2 Å². The Hall–Kier alpha value is -3.28. The molecule has 1 heterocycles. The topological polar surface area (TPSA) is 73.6 Å². The van der Waals surface area contributed by atoms with E-state index in [0.717, 1.165) is 0 Å². The molecule has 0 aliphatic heterocycles. The van der Waals surface area contributed by atoms with Gasteiger partial charge in [-0.05, 0) is 24.3 Å². The van der Waals surface area contributed by atoms with Crippen molar-refractivity contribution >= 4 is 11.6 Å². The highest BCUT2D eigenvalue weighted by Crippen LogP contribution is 2.28. The van der Waals surface area contributed by atoms with E-state index in [4.69, 9.17) is 13.9 Å². The number of hydrogen-bond donors (Lipinski definition) is 1. The minimum atomic E-state index is -0.383. The van der Waals surface area contributed by atoms with Crippen LogP contribution in [0.1, 0.15) is 10.5 Å². The summed E-state index contributed by atoms with van der Waals surface area (Å²) in [6.07, 6.45) is 1.24. The van der Waals surface area contributed by atoms with Crippen molar-refractivity contribution in [1.82, 2.24) is 4.98 Å². The first kappa shape index (κ1) is 15.6. The van der Waals surface area contributed by atoms with Crippen LogP contribution in [0.5, 0.6) is 11.5 Å². The van der Waals surface area contributed by atoms with Gasteiger partial charge in [0, 0.05) is 5.56 Å². The summed E-state index contributed by atoms with van der Waals surface area (Å²) < 4.78 is 15.8. The van der Waals surface area contributed by atoms with Crippen molar-refractivity contribution in [1.29, 1.82) is 0 Å². The molecule has 3 aromatic rings. The van der Waals surface area contributed by atoms with Crippen LogP contribution in [-0.2, 0) is 0 Å². The van der Waals surface area contributed by atoms with E-state index in [1.807, 2.05) is 30.3 Å². The number of para-hydroxylation sites is 2. The van der Waals surface area contributed by atoms with E-state index in [1.165, 1.54) is 6.39 Å². The van der Waals surface area contributed by atoms with E-state index < -0.39 is 0 Å². The normalized spacial score (nSPS) is 10.2. The van der Waals surface area contributed by atoms with E-state index >= 15 is 0 Å². The summed E-state index contributed by atoms with van der Waals surface area (Å²) in [6.45, 7) is 0. The van der Waals surface area contributed by atoms with Crippen LogP contribution in [-0.4, -0.2) is 25.1 Å². The number of methoxy groups -OCH3 is 2. The summed E-state index contributed by atoms with van der Waals surface area (Å²) in [5, 5.41) is 2.78. The molecule has 0 saturated heterocycles. The molecule has 0 bridgehead atoms. The summed E-state index contributed by atoms with van der Waals surface area (Å²) in [6, 6.07) is 14.4. The lowest BCUT2D eigenvalue weighted by molar-refractivity contribution is 0.102. The Balaban J connectivity index is 1.90. The third-order valence-electron chi connectivity index (χ3n) is 3.47. The van der Waals surface area contributed by atoms with Crippen LogP contribution in [0.4, 0.5) is 5.69 Å². The smallest absolute Gasteiger partial charge is 0.278 e. The van der Waals surface area contributed by atoms with E-state index in [2.05, 4.69) is 10.3 Å². The highest BCUT2D eigenvalue weighted by Gasteiger charge is 2.19. The van der Waals surface area contributed by atoms with Gasteiger partial charge >= 0.3 is 0 Å². The van der Waals surface area contributed by atoms with Crippen molar-refractivity contribution in [3.8, 4) is 22.8 Å². The Morgan fingerprint density at radius 3 is 2.71 bits per heavy atom. The Morgan fingerprint density at radius 2 is 1.92 bits per heavy atom. The molecule has 1 aromatic heterocycles. The lowest BCUT2D eigenvalue weighted by Gasteiger charge is -2.09. The third-order valence-corrected chi connectivity index (χ3v) is 3.47. The molecule has 0 unspecified atom stereocenters. The van der Waals surface area contributed by atoms with Crippen LogP contribution in [0.2, 0.25) is 0 Å². The number of carbonyl (C=O) groups excluding carboxylic acids is 1. The number of benzene rings is 2. The second-order valence-corrected chi connectivity index (χ2v) is 4.92. The molecule has 3 rings (SSSR count). The van der Waals surface area contributed by atoms with Gasteiger partial charge in [-0.15, -0.1) is 0 Å². The van der Waals surface area contributed by atoms with Crippen LogP contribution >= 0.6 is 0 Å². The second-order valence-electron chi connectivity index (χ2n) is 4.92. The highest BCUT2D eigenvalue weighted by atomic mass is 16.5. The molecular formula is C18H16N2O4. The van der Waals surface area contributed by atoms with Crippen molar-refractivity contribution in [2.45, 2.75) is 0 Å². The maximum Gasteiger partial charge on any atom is 0.278 e. The Bertz CT molecular complexity index is 857. The Kier molecular flexibility index (Phi) is 4.47. The lowest BCUT2D eigenvalue weighted by Crippen LogP contribution is -2.14. The minimum absolute atomic E-state index is 0.189. The summed E-state index contributed by atoms with van der Waals surface area (Å²) in [4.78, 5) is 16.6. The molecule has 2 aromatic carbocycles. The molecule has 0 spiro atoms. The first-order chi connectivity index (χ1) is 11.7. The molecule has 1 N–H and O–H groups in total. The number of aromatic nitrogens is 1. The van der Waals surface area contributed by atoms with Gasteiger partial charge in [0.2, 0.25) is 0 Å². The molecule has 0 atom stereocenters. The molecule has 6 nitrogen and oxygen atoms in total. The van der Waals surface area contributed by atoms with Gasteiger partial charge in [0.15, 0.2) is 17.8 Å². The minimum Gasteiger partial charge on any atom is -0.497 e. The number of carbonyl (C=O) groups is 1. The standard InChI is InChI=1S/C18H16N2O4/c1-22-13-7-5-6-12(10-13)17-16(19-11-24-17)18(21)20-14-8-3-4-9-15(14)23-2/h3-11H,1-2H3,(H,20,21). The van der Waals surface area contributed by atoms with Crippen molar-refractivity contribution in [3.63, 3.8) is 0 Å². The highest BCUT2D eigenvalue weighted by molar-refractivity contribution is 6.07. The first-order valence-electron chi connectivity index (χ1n) is 7.25. The van der Waals surface area contributed by atoms with Crippen molar-refractivity contribution < 1.29 is 18.7 Å². The van der Waals surface area contributed by atoms with Gasteiger partial charge in [0.05, 0.1) is 19.9 Å². The van der Waals surface area contributed by atoms with Crippen LogP contribution in [0.3, 0.4) is 0 Å². The number of anilines is 1. The molecule has 24 heavy (non-hydrogen) atoms. The summed E-state index contributed by atoms with van der Waals surface area (Å²) in [5.74, 6) is 1.23. The van der Waals surface area contributed by atoms with Crippen molar-refractivity contribution in [2.24, 2.45) is 0 Å². The van der Waals surface area contributed by atoms with Crippen LogP contribution in [0.15, 0.2) is 59.3 Å². The van der Waals surface area contributed by atoms with E-state index in [0.29, 0.717) is 28.5 Å².